The first-order valence-electron chi connectivity index (χ1n) is 9.24. The summed E-state index contributed by atoms with van der Waals surface area (Å²) in [5, 5.41) is 11.2. The third-order valence-corrected chi connectivity index (χ3v) is 8.33. The minimum absolute atomic E-state index is 0.0729. The fourth-order valence-electron chi connectivity index (χ4n) is 7.20. The van der Waals surface area contributed by atoms with Gasteiger partial charge in [-0.25, -0.2) is 0 Å². The van der Waals surface area contributed by atoms with Crippen molar-refractivity contribution in [2.45, 2.75) is 64.8 Å². The quantitative estimate of drug-likeness (QED) is 0.740. The molecule has 0 radical (unpaired) electrons. The summed E-state index contributed by atoms with van der Waals surface area (Å²) in [5.41, 5.74) is -1.60. The molecule has 4 fully saturated rings. The van der Waals surface area contributed by atoms with E-state index in [4.69, 9.17) is 4.74 Å². The standard InChI is InChI=1S/C20H26O4/c1-9-6-12-17(3,4)20(12)14-16(23)18(5,24-20)8-11-13(21)10(2)7-19(11,14)15(9)22/h8-10,12,14,16,23H,6-7H2,1-5H3/t9-,10+,12+,14?,16-,18-,19?,20+/m1/s1. The van der Waals surface area contributed by atoms with E-state index >= 15 is 0 Å². The van der Waals surface area contributed by atoms with Crippen LogP contribution in [0, 0.1) is 34.5 Å². The van der Waals surface area contributed by atoms with Gasteiger partial charge in [0.2, 0.25) is 0 Å². The number of hydrogen-bond acceptors (Lipinski definition) is 4. The number of aliphatic hydroxyl groups excluding tert-OH is 1. The van der Waals surface area contributed by atoms with Crippen molar-refractivity contribution in [2.75, 3.05) is 0 Å². The van der Waals surface area contributed by atoms with Gasteiger partial charge < -0.3 is 9.84 Å². The zero-order valence-corrected chi connectivity index (χ0v) is 15.1. The van der Waals surface area contributed by atoms with Crippen LogP contribution < -0.4 is 0 Å². The van der Waals surface area contributed by atoms with Crippen molar-refractivity contribution in [3.8, 4) is 0 Å². The molecule has 2 spiro atoms. The molecule has 1 saturated heterocycles. The molecular formula is C20H26O4. The van der Waals surface area contributed by atoms with Crippen molar-refractivity contribution in [3.05, 3.63) is 11.6 Å². The Hall–Kier alpha value is -1.00. The van der Waals surface area contributed by atoms with Crippen molar-refractivity contribution in [3.63, 3.8) is 0 Å². The fourth-order valence-corrected chi connectivity index (χ4v) is 7.20. The van der Waals surface area contributed by atoms with Crippen molar-refractivity contribution < 1.29 is 19.4 Å². The molecule has 130 valence electrons. The van der Waals surface area contributed by atoms with Crippen LogP contribution in [0.1, 0.15) is 47.5 Å². The molecule has 5 aliphatic rings. The first-order chi connectivity index (χ1) is 11.0. The molecule has 0 amide bonds. The summed E-state index contributed by atoms with van der Waals surface area (Å²) >= 11 is 0. The molecule has 0 aromatic carbocycles. The number of carbonyl (C=O) groups is 2. The van der Waals surface area contributed by atoms with Gasteiger partial charge >= 0.3 is 0 Å². The van der Waals surface area contributed by atoms with Gasteiger partial charge in [0.05, 0.1) is 17.1 Å². The molecular weight excluding hydrogens is 304 g/mol. The monoisotopic (exact) mass is 330 g/mol. The average molecular weight is 330 g/mol. The van der Waals surface area contributed by atoms with Crippen LogP contribution in [0.25, 0.3) is 0 Å². The Morgan fingerprint density at radius 1 is 1.17 bits per heavy atom. The molecule has 2 unspecified atom stereocenters. The third kappa shape index (κ3) is 1.19. The van der Waals surface area contributed by atoms with Gasteiger partial charge in [0.15, 0.2) is 5.78 Å². The Labute approximate surface area is 142 Å². The molecule has 1 aliphatic heterocycles. The Morgan fingerprint density at radius 2 is 1.83 bits per heavy atom. The molecule has 4 heteroatoms. The Bertz CT molecular complexity index is 736. The van der Waals surface area contributed by atoms with Gasteiger partial charge in [-0.05, 0) is 31.8 Å². The van der Waals surface area contributed by atoms with Gasteiger partial charge in [-0.15, -0.1) is 0 Å². The minimum Gasteiger partial charge on any atom is -0.389 e. The molecule has 1 heterocycles. The van der Waals surface area contributed by atoms with Crippen molar-refractivity contribution >= 4 is 11.6 Å². The SMILES string of the molecule is C[C@@H]1C[C@H]2C(C)(C)[C@]23O[C@]2(C)C=C4C(=O)[C@@H](C)CC4(C1=O)C3[C@H]2O. The van der Waals surface area contributed by atoms with E-state index in [2.05, 4.69) is 13.8 Å². The first kappa shape index (κ1) is 15.3. The van der Waals surface area contributed by atoms with Crippen molar-refractivity contribution in [2.24, 2.45) is 34.5 Å². The number of fused-ring (bicyclic) bond motifs is 1. The summed E-state index contributed by atoms with van der Waals surface area (Å²) in [5.74, 6) is -0.0366. The van der Waals surface area contributed by atoms with E-state index in [1.54, 1.807) is 0 Å². The van der Waals surface area contributed by atoms with E-state index < -0.39 is 22.7 Å². The lowest BCUT2D eigenvalue weighted by atomic mass is 9.57. The zero-order valence-electron chi connectivity index (χ0n) is 15.1. The van der Waals surface area contributed by atoms with Crippen LogP contribution >= 0.6 is 0 Å². The lowest BCUT2D eigenvalue weighted by Crippen LogP contribution is -2.54. The van der Waals surface area contributed by atoms with Crippen LogP contribution in [-0.2, 0) is 14.3 Å². The summed E-state index contributed by atoms with van der Waals surface area (Å²) in [6, 6.07) is 0. The lowest BCUT2D eigenvalue weighted by molar-refractivity contribution is -0.137. The predicted octanol–water partition coefficient (Wildman–Crippen LogP) is 2.29. The van der Waals surface area contributed by atoms with Crippen molar-refractivity contribution in [1.29, 1.82) is 0 Å². The number of ether oxygens (including phenoxy) is 1. The summed E-state index contributed by atoms with van der Waals surface area (Å²) in [7, 11) is 0. The maximum Gasteiger partial charge on any atom is 0.162 e. The normalized spacial score (nSPS) is 59.6. The molecule has 5 rings (SSSR count). The topological polar surface area (TPSA) is 63.6 Å². The van der Waals surface area contributed by atoms with Gasteiger partial charge in [0, 0.05) is 28.7 Å². The van der Waals surface area contributed by atoms with Crippen LogP contribution in [0.15, 0.2) is 11.6 Å². The van der Waals surface area contributed by atoms with E-state index in [-0.39, 0.29) is 40.7 Å². The lowest BCUT2D eigenvalue weighted by Gasteiger charge is -2.43. The summed E-state index contributed by atoms with van der Waals surface area (Å²) in [4.78, 5) is 26.4. The van der Waals surface area contributed by atoms with E-state index in [0.717, 1.165) is 6.42 Å². The van der Waals surface area contributed by atoms with E-state index in [9.17, 15) is 14.7 Å². The largest absolute Gasteiger partial charge is 0.389 e. The number of rotatable bonds is 0. The van der Waals surface area contributed by atoms with Gasteiger partial charge in [-0.2, -0.15) is 0 Å². The number of aliphatic hydroxyl groups is 1. The molecule has 1 N–H and O–H groups in total. The van der Waals surface area contributed by atoms with Crippen LogP contribution in [0.2, 0.25) is 0 Å². The minimum atomic E-state index is -0.851. The fraction of sp³-hybridized carbons (Fsp3) is 0.800. The molecule has 4 nitrogen and oxygen atoms in total. The van der Waals surface area contributed by atoms with Gasteiger partial charge in [-0.1, -0.05) is 27.7 Å². The Balaban J connectivity index is 1.85. The van der Waals surface area contributed by atoms with Gasteiger partial charge in [0.1, 0.15) is 11.4 Å². The third-order valence-electron chi connectivity index (χ3n) is 8.33. The smallest absolute Gasteiger partial charge is 0.162 e. The number of carbonyl (C=O) groups excluding carboxylic acids is 2. The van der Waals surface area contributed by atoms with E-state index in [1.165, 1.54) is 0 Å². The Morgan fingerprint density at radius 3 is 2.50 bits per heavy atom. The Kier molecular flexibility index (Phi) is 2.37. The van der Waals surface area contributed by atoms with Crippen LogP contribution in [0.5, 0.6) is 0 Å². The number of ketones is 2. The highest BCUT2D eigenvalue weighted by atomic mass is 16.6. The second-order valence-corrected chi connectivity index (χ2v) is 9.78. The van der Waals surface area contributed by atoms with Gasteiger partial charge in [0.25, 0.3) is 0 Å². The number of Topliss-reactive ketones (excluding diaryl/α,β-unsaturated/α-hetero) is 2. The van der Waals surface area contributed by atoms with Crippen LogP contribution in [-0.4, -0.2) is 34.0 Å². The molecule has 4 aliphatic carbocycles. The molecule has 0 aromatic rings. The highest BCUT2D eigenvalue weighted by Crippen LogP contribution is 2.81. The van der Waals surface area contributed by atoms with E-state index in [1.807, 2.05) is 26.8 Å². The number of hydrogen-bond donors (Lipinski definition) is 1. The second-order valence-electron chi connectivity index (χ2n) is 9.78. The average Bonchev–Trinajstić information content (AvgIpc) is 2.74. The number of allylic oxidation sites excluding steroid dienone is 1. The van der Waals surface area contributed by atoms with Crippen LogP contribution in [0.3, 0.4) is 0 Å². The molecule has 0 aromatic heterocycles. The molecule has 2 bridgehead atoms. The highest BCUT2D eigenvalue weighted by molar-refractivity contribution is 6.10. The maximum atomic E-state index is 13.5. The molecule has 8 atom stereocenters. The van der Waals surface area contributed by atoms with Crippen LogP contribution in [0.4, 0.5) is 0 Å². The maximum absolute atomic E-state index is 13.5. The zero-order chi connectivity index (χ0) is 17.4. The first-order valence-corrected chi connectivity index (χ1v) is 9.24. The van der Waals surface area contributed by atoms with E-state index in [0.29, 0.717) is 12.0 Å². The summed E-state index contributed by atoms with van der Waals surface area (Å²) in [6.45, 7) is 10.2. The second kappa shape index (κ2) is 3.73. The predicted molar refractivity (Wildman–Crippen MR) is 87.1 cm³/mol. The molecule has 3 saturated carbocycles. The summed E-state index contributed by atoms with van der Waals surface area (Å²) < 4.78 is 6.59. The summed E-state index contributed by atoms with van der Waals surface area (Å²) in [6.07, 6.45) is 2.42. The van der Waals surface area contributed by atoms with Gasteiger partial charge in [-0.3, -0.25) is 9.59 Å². The highest BCUT2D eigenvalue weighted by Gasteiger charge is 2.88. The van der Waals surface area contributed by atoms with Crippen molar-refractivity contribution in [1.82, 2.24) is 0 Å². The molecule has 24 heavy (non-hydrogen) atoms.